The predicted molar refractivity (Wildman–Crippen MR) is 251 cm³/mol. The molecule has 3 aromatic carbocycles. The number of carbonyl (C=O) groups excluding carboxylic acids is 6. The summed E-state index contributed by atoms with van der Waals surface area (Å²) in [6.45, 7) is 12.0. The maximum Gasteiger partial charge on any atom is 0.417 e. The molecule has 1 aromatic heterocycles. The van der Waals surface area contributed by atoms with Crippen molar-refractivity contribution in [3.63, 3.8) is 0 Å². The summed E-state index contributed by atoms with van der Waals surface area (Å²) < 4.78 is 40.7. The first-order valence-electron chi connectivity index (χ1n) is 22.6. The number of imide groups is 2. The van der Waals surface area contributed by atoms with Crippen molar-refractivity contribution < 1.29 is 41.9 Å². The molecule has 68 heavy (non-hydrogen) atoms. The van der Waals surface area contributed by atoms with Gasteiger partial charge in [0.2, 0.25) is 23.3 Å². The molecule has 17 nitrogen and oxygen atoms in total. The van der Waals surface area contributed by atoms with E-state index in [0.29, 0.717) is 49.9 Å². The van der Waals surface area contributed by atoms with Gasteiger partial charge < -0.3 is 31.6 Å². The van der Waals surface area contributed by atoms with Crippen LogP contribution in [0.1, 0.15) is 81.7 Å². The zero-order valence-electron chi connectivity index (χ0n) is 38.3. The van der Waals surface area contributed by atoms with Gasteiger partial charge >= 0.3 is 6.18 Å². The van der Waals surface area contributed by atoms with Crippen LogP contribution in [0.5, 0.6) is 0 Å². The fraction of sp³-hybridized carbons (Fsp3) is 0.396. The molecule has 7 N–H and O–H groups in total. The van der Waals surface area contributed by atoms with Crippen LogP contribution >= 0.6 is 0 Å². The molecule has 0 spiro atoms. The number of anilines is 3. The monoisotopic (exact) mass is 942 g/mol. The number of nitrogens with one attached hydrogen (secondary N) is 5. The third-order valence-electron chi connectivity index (χ3n) is 12.1. The number of amides is 6. The zero-order valence-corrected chi connectivity index (χ0v) is 38.3. The second kappa shape index (κ2) is 22.7. The first-order chi connectivity index (χ1) is 32.5. The number of pyridine rings is 1. The number of H-pyrrole nitrogens is 1. The number of hydrogen-bond donors (Lipinski definition) is 6. The van der Waals surface area contributed by atoms with Crippen molar-refractivity contribution in [2.75, 3.05) is 82.3 Å². The molecule has 1 unspecified atom stereocenters. The molecule has 0 bridgehead atoms. The third-order valence-corrected chi connectivity index (χ3v) is 12.1. The van der Waals surface area contributed by atoms with Gasteiger partial charge in [0.15, 0.2) is 0 Å². The van der Waals surface area contributed by atoms with Crippen molar-refractivity contribution in [2.24, 2.45) is 0 Å². The van der Waals surface area contributed by atoms with Gasteiger partial charge in [-0.2, -0.15) is 13.2 Å². The Morgan fingerprint density at radius 2 is 1.56 bits per heavy atom. The minimum Gasteiger partial charge on any atom is -0.397 e. The number of aromatic amines is 1. The summed E-state index contributed by atoms with van der Waals surface area (Å²) in [5.74, 6) is -3.50. The van der Waals surface area contributed by atoms with Gasteiger partial charge in [0.05, 0.1) is 33.6 Å². The molecule has 3 aliphatic heterocycles. The zero-order chi connectivity index (χ0) is 49.1. The van der Waals surface area contributed by atoms with Crippen LogP contribution in [0.25, 0.3) is 11.1 Å². The van der Waals surface area contributed by atoms with Crippen LogP contribution in [0.2, 0.25) is 0 Å². The normalized spacial score (nSPS) is 16.5. The summed E-state index contributed by atoms with van der Waals surface area (Å²) in [5.41, 5.74) is 6.58. The van der Waals surface area contributed by atoms with Crippen molar-refractivity contribution >= 4 is 52.5 Å². The molecule has 362 valence electrons. The van der Waals surface area contributed by atoms with E-state index in [1.165, 1.54) is 6.07 Å². The molecule has 2 fully saturated rings. The summed E-state index contributed by atoms with van der Waals surface area (Å²) >= 11 is 0. The van der Waals surface area contributed by atoms with Crippen LogP contribution in [-0.2, 0) is 27.1 Å². The number of nitrogens with zero attached hydrogens (tertiary/aromatic N) is 4. The highest BCUT2D eigenvalue weighted by atomic mass is 19.4. The molecular formula is C48H57F3N10O7. The van der Waals surface area contributed by atoms with Gasteiger partial charge in [-0.05, 0) is 80.0 Å². The number of piperazine rings is 1. The van der Waals surface area contributed by atoms with Crippen LogP contribution in [0.3, 0.4) is 0 Å². The largest absolute Gasteiger partial charge is 0.417 e. The number of benzene rings is 3. The fourth-order valence-electron chi connectivity index (χ4n) is 8.01. The van der Waals surface area contributed by atoms with Crippen LogP contribution in [-0.4, -0.2) is 132 Å². The average Bonchev–Trinajstić information content (AvgIpc) is 3.57. The number of nitrogens with two attached hydrogens (primary N) is 1. The molecule has 0 saturated carbocycles. The molecule has 4 heterocycles. The van der Waals surface area contributed by atoms with Crippen LogP contribution in [0.4, 0.5) is 30.2 Å². The molecular weight excluding hydrogens is 886 g/mol. The van der Waals surface area contributed by atoms with E-state index in [2.05, 4.69) is 61.8 Å². The topological polar surface area (TPSA) is 222 Å². The third kappa shape index (κ3) is 12.7. The molecule has 20 heteroatoms. The molecule has 0 aliphatic carbocycles. The standard InChI is InChI=1S/C43H44F3N9O7.C5H13N/c44-43(45,46)30-22-37(58)50-23-29(30)39(59)51-33-21-27(9-10-31(33)47)26-5-1-4-25(20-26)24-54-18-16-53(17-19-54)15-14-49-35(56)8-3-13-48-32-7-2-6-28-38(32)42(62)55(41(28)61)34-11-12-36(57)52-40(34)60;1-4-6(3)5-2/h1-2,4-7,9-10,20-23,34,48H,3,8,11-19,24,47H2,(H,49,56)(H,50,58)(H,51,59)(H,52,57,60);4-5H2,1-3H3. The van der Waals surface area contributed by atoms with Gasteiger partial charge in [0.25, 0.3) is 17.7 Å². The maximum absolute atomic E-state index is 13.6. The highest BCUT2D eigenvalue weighted by Crippen LogP contribution is 2.34. The lowest BCUT2D eigenvalue weighted by Crippen LogP contribution is -2.54. The average molecular weight is 943 g/mol. The Morgan fingerprint density at radius 3 is 2.25 bits per heavy atom. The number of rotatable bonds is 16. The van der Waals surface area contributed by atoms with Crippen LogP contribution in [0, 0.1) is 0 Å². The number of piperidine rings is 1. The summed E-state index contributed by atoms with van der Waals surface area (Å²) in [5, 5.41) is 10.8. The highest BCUT2D eigenvalue weighted by Gasteiger charge is 2.45. The molecule has 6 amide bonds. The van der Waals surface area contributed by atoms with Crippen molar-refractivity contribution in [3.8, 4) is 11.1 Å². The number of halogens is 3. The van der Waals surface area contributed by atoms with Crippen molar-refractivity contribution in [1.29, 1.82) is 0 Å². The Morgan fingerprint density at radius 1 is 0.853 bits per heavy atom. The summed E-state index contributed by atoms with van der Waals surface area (Å²) in [7, 11) is 2.11. The molecule has 1 atom stereocenters. The van der Waals surface area contributed by atoms with Gasteiger partial charge in [-0.1, -0.05) is 44.2 Å². The predicted octanol–water partition coefficient (Wildman–Crippen LogP) is 4.38. The Kier molecular flexibility index (Phi) is 16.9. The number of nitrogen functional groups attached to an aromatic ring is 1. The minimum atomic E-state index is -4.92. The van der Waals surface area contributed by atoms with E-state index in [9.17, 15) is 46.7 Å². The first-order valence-corrected chi connectivity index (χ1v) is 22.6. The number of aromatic nitrogens is 1. The van der Waals surface area contributed by atoms with Crippen molar-refractivity contribution in [1.82, 2.24) is 35.2 Å². The van der Waals surface area contributed by atoms with Gasteiger partial charge in [-0.3, -0.25) is 53.6 Å². The summed E-state index contributed by atoms with van der Waals surface area (Å²) in [6, 6.07) is 16.8. The van der Waals surface area contributed by atoms with Gasteiger partial charge in [-0.25, -0.2) is 0 Å². The van der Waals surface area contributed by atoms with Crippen molar-refractivity contribution in [3.05, 3.63) is 111 Å². The number of carbonyl (C=O) groups is 6. The molecule has 4 aromatic rings. The molecule has 3 aliphatic rings. The van der Waals surface area contributed by atoms with Crippen LogP contribution < -0.4 is 32.6 Å². The number of alkyl halides is 3. The Balaban J connectivity index is 0.00000119. The Bertz CT molecular complexity index is 2570. The van der Waals surface area contributed by atoms with E-state index in [-0.39, 0.29) is 47.7 Å². The van der Waals surface area contributed by atoms with Crippen molar-refractivity contribution in [2.45, 2.75) is 58.3 Å². The Labute approximate surface area is 391 Å². The van der Waals surface area contributed by atoms with E-state index < -0.39 is 58.4 Å². The smallest absolute Gasteiger partial charge is 0.397 e. The summed E-state index contributed by atoms with van der Waals surface area (Å²) in [4.78, 5) is 97.3. The van der Waals surface area contributed by atoms with E-state index in [1.807, 2.05) is 24.3 Å². The highest BCUT2D eigenvalue weighted by molar-refractivity contribution is 6.25. The second-order valence-corrected chi connectivity index (χ2v) is 16.7. The molecule has 0 radical (unpaired) electrons. The minimum absolute atomic E-state index is 0.0315. The lowest BCUT2D eigenvalue weighted by molar-refractivity contribution is -0.138. The Hall–Kier alpha value is -6.90. The number of hydrogen-bond acceptors (Lipinski definition) is 12. The van der Waals surface area contributed by atoms with Crippen LogP contribution in [0.15, 0.2) is 77.7 Å². The molecule has 2 saturated heterocycles. The van der Waals surface area contributed by atoms with E-state index in [0.717, 1.165) is 61.5 Å². The fourth-order valence-corrected chi connectivity index (χ4v) is 8.01. The van der Waals surface area contributed by atoms with Gasteiger partial charge in [-0.15, -0.1) is 0 Å². The van der Waals surface area contributed by atoms with E-state index in [1.54, 1.807) is 30.3 Å². The van der Waals surface area contributed by atoms with Gasteiger partial charge in [0, 0.05) is 83.2 Å². The number of fused-ring (bicyclic) bond motifs is 1. The summed E-state index contributed by atoms with van der Waals surface area (Å²) in [6.07, 6.45) is -3.38. The lowest BCUT2D eigenvalue weighted by atomic mass is 10.0. The van der Waals surface area contributed by atoms with E-state index in [4.69, 9.17) is 5.73 Å². The SMILES string of the molecule is CCN(C)CC.Nc1ccc(-c2cccc(CN3CCN(CCNC(=O)CCCNc4cccc5c4C(=O)N(C4CCC(=O)NC4=O)C5=O)CC3)c2)cc1NC(=O)c1c[nH]c(=O)cc1C(F)(F)F. The maximum atomic E-state index is 13.6. The van der Waals surface area contributed by atoms with Gasteiger partial charge in [0.1, 0.15) is 6.04 Å². The first kappa shape index (κ1) is 50.5. The second-order valence-electron chi connectivity index (χ2n) is 16.7. The van der Waals surface area contributed by atoms with E-state index >= 15 is 0 Å². The molecule has 7 rings (SSSR count). The lowest BCUT2D eigenvalue weighted by Gasteiger charge is -2.34. The quantitative estimate of drug-likeness (QED) is 0.0524.